The van der Waals surface area contributed by atoms with Gasteiger partial charge in [-0.25, -0.2) is 4.79 Å². The van der Waals surface area contributed by atoms with Crippen LogP contribution in [0.4, 0.5) is 4.79 Å². The van der Waals surface area contributed by atoms with Crippen LogP contribution in [-0.2, 0) is 11.3 Å². The maximum absolute atomic E-state index is 11.4. The van der Waals surface area contributed by atoms with Crippen molar-refractivity contribution in [2.45, 2.75) is 31.4 Å². The van der Waals surface area contributed by atoms with Gasteiger partial charge < -0.3 is 19.5 Å². The van der Waals surface area contributed by atoms with Crippen molar-refractivity contribution in [3.63, 3.8) is 0 Å². The minimum absolute atomic E-state index is 0.279. The molecule has 1 aromatic carbocycles. The zero-order valence-corrected chi connectivity index (χ0v) is 13.8. The summed E-state index contributed by atoms with van der Waals surface area (Å²) in [6, 6.07) is 6.03. The van der Waals surface area contributed by atoms with Gasteiger partial charge in [-0.15, -0.1) is 0 Å². The summed E-state index contributed by atoms with van der Waals surface area (Å²) in [6.07, 6.45) is 2.55. The van der Waals surface area contributed by atoms with E-state index < -0.39 is 0 Å². The van der Waals surface area contributed by atoms with Crippen LogP contribution in [0.15, 0.2) is 18.2 Å². The Morgan fingerprint density at radius 2 is 2.04 bits per heavy atom. The number of likely N-dealkylation sites (tertiary alicyclic amines) is 1. The highest BCUT2D eigenvalue weighted by atomic mass is 16.6. The fourth-order valence-corrected chi connectivity index (χ4v) is 3.40. The van der Waals surface area contributed by atoms with Gasteiger partial charge in [0.1, 0.15) is 5.60 Å². The van der Waals surface area contributed by atoms with E-state index in [1.807, 2.05) is 12.1 Å². The first-order chi connectivity index (χ1) is 11.1. The van der Waals surface area contributed by atoms with Crippen molar-refractivity contribution in [3.05, 3.63) is 23.8 Å². The summed E-state index contributed by atoms with van der Waals surface area (Å²) in [4.78, 5) is 13.8. The first-order valence-electron chi connectivity index (χ1n) is 8.04. The van der Waals surface area contributed by atoms with Crippen molar-refractivity contribution in [1.82, 2.24) is 10.2 Å². The van der Waals surface area contributed by atoms with Gasteiger partial charge in [-0.3, -0.25) is 4.90 Å². The molecule has 0 bridgehead atoms. The van der Waals surface area contributed by atoms with E-state index in [2.05, 4.69) is 16.3 Å². The van der Waals surface area contributed by atoms with Crippen molar-refractivity contribution in [2.75, 3.05) is 33.9 Å². The normalized spacial score (nSPS) is 24.9. The first-order valence-corrected chi connectivity index (χ1v) is 8.04. The summed E-state index contributed by atoms with van der Waals surface area (Å²) in [5.74, 6) is 1.50. The quantitative estimate of drug-likeness (QED) is 0.921. The molecule has 1 aromatic rings. The largest absolute Gasteiger partial charge is 0.493 e. The maximum atomic E-state index is 11.4. The Balaban J connectivity index is 1.63. The van der Waals surface area contributed by atoms with Gasteiger partial charge in [0.25, 0.3) is 0 Å². The van der Waals surface area contributed by atoms with E-state index in [1.54, 1.807) is 14.2 Å². The predicted octanol–water partition coefficient (Wildman–Crippen LogP) is 2.17. The zero-order valence-electron chi connectivity index (χ0n) is 13.8. The van der Waals surface area contributed by atoms with Gasteiger partial charge in [-0.05, 0) is 37.1 Å². The van der Waals surface area contributed by atoms with Gasteiger partial charge in [0.2, 0.25) is 0 Å². The van der Waals surface area contributed by atoms with E-state index in [4.69, 9.17) is 14.2 Å². The number of alkyl carbamates (subject to hydrolysis) is 1. The summed E-state index contributed by atoms with van der Waals surface area (Å²) >= 11 is 0. The van der Waals surface area contributed by atoms with Crippen LogP contribution < -0.4 is 14.8 Å². The third-order valence-electron chi connectivity index (χ3n) is 4.71. The Kier molecular flexibility index (Phi) is 4.61. The Labute approximate surface area is 136 Å². The number of rotatable bonds is 4. The van der Waals surface area contributed by atoms with Gasteiger partial charge in [0, 0.05) is 19.5 Å². The Morgan fingerprint density at radius 3 is 2.74 bits per heavy atom. The molecule has 6 nitrogen and oxygen atoms in total. The van der Waals surface area contributed by atoms with Crippen LogP contribution in [0.2, 0.25) is 0 Å². The molecule has 0 saturated carbocycles. The molecule has 6 heteroatoms. The van der Waals surface area contributed by atoms with E-state index >= 15 is 0 Å². The van der Waals surface area contributed by atoms with E-state index in [0.29, 0.717) is 6.54 Å². The molecule has 1 atom stereocenters. The lowest BCUT2D eigenvalue weighted by molar-refractivity contribution is 0.0443. The lowest BCUT2D eigenvalue weighted by atomic mass is 9.95. The molecule has 2 aliphatic rings. The first kappa shape index (κ1) is 15.9. The van der Waals surface area contributed by atoms with Crippen LogP contribution >= 0.6 is 0 Å². The summed E-state index contributed by atoms with van der Waals surface area (Å²) in [5, 5.41) is 2.79. The second-order valence-corrected chi connectivity index (χ2v) is 6.25. The maximum Gasteiger partial charge on any atom is 0.407 e. The number of hydrogen-bond donors (Lipinski definition) is 1. The molecular formula is C17H24N2O4. The number of amides is 1. The molecule has 1 spiro atoms. The molecule has 0 aliphatic carbocycles. The number of nitrogens with one attached hydrogen (secondary N) is 1. The highest BCUT2D eigenvalue weighted by Crippen LogP contribution is 2.31. The van der Waals surface area contributed by atoms with Crippen molar-refractivity contribution >= 4 is 6.09 Å². The van der Waals surface area contributed by atoms with Gasteiger partial charge in [0.15, 0.2) is 11.5 Å². The van der Waals surface area contributed by atoms with E-state index in [0.717, 1.165) is 50.4 Å². The minimum Gasteiger partial charge on any atom is -0.493 e. The number of nitrogens with zero attached hydrogens (tertiary/aromatic N) is 1. The van der Waals surface area contributed by atoms with Crippen LogP contribution in [0.25, 0.3) is 0 Å². The molecule has 23 heavy (non-hydrogen) atoms. The number of methoxy groups -OCH3 is 2. The van der Waals surface area contributed by atoms with Crippen LogP contribution in [0, 0.1) is 0 Å². The third kappa shape index (κ3) is 3.52. The van der Waals surface area contributed by atoms with Crippen molar-refractivity contribution in [2.24, 2.45) is 0 Å². The average Bonchev–Trinajstić information content (AvgIpc) is 2.81. The molecule has 0 aromatic heterocycles. The van der Waals surface area contributed by atoms with Gasteiger partial charge in [-0.1, -0.05) is 6.07 Å². The second kappa shape index (κ2) is 6.66. The Bertz CT molecular complexity index is 578. The number of hydrogen-bond acceptors (Lipinski definition) is 5. The van der Waals surface area contributed by atoms with E-state index in [1.165, 1.54) is 5.56 Å². The number of benzene rings is 1. The van der Waals surface area contributed by atoms with Crippen LogP contribution in [0.1, 0.15) is 24.8 Å². The summed E-state index contributed by atoms with van der Waals surface area (Å²) in [6.45, 7) is 3.42. The molecule has 0 radical (unpaired) electrons. The molecule has 1 N–H and O–H groups in total. The molecule has 2 fully saturated rings. The Morgan fingerprint density at radius 1 is 1.22 bits per heavy atom. The molecule has 126 valence electrons. The smallest absolute Gasteiger partial charge is 0.407 e. The molecular weight excluding hydrogens is 296 g/mol. The van der Waals surface area contributed by atoms with Crippen molar-refractivity contribution < 1.29 is 19.0 Å². The number of ether oxygens (including phenoxy) is 3. The Hall–Kier alpha value is -1.95. The molecule has 2 heterocycles. The van der Waals surface area contributed by atoms with Crippen molar-refractivity contribution in [1.29, 1.82) is 0 Å². The molecule has 2 aliphatic heterocycles. The summed E-state index contributed by atoms with van der Waals surface area (Å²) < 4.78 is 16.2. The lowest BCUT2D eigenvalue weighted by Crippen LogP contribution is -2.34. The van der Waals surface area contributed by atoms with Crippen molar-refractivity contribution in [3.8, 4) is 11.5 Å². The fraction of sp³-hybridized carbons (Fsp3) is 0.588. The highest BCUT2D eigenvalue weighted by molar-refractivity contribution is 5.70. The average molecular weight is 320 g/mol. The zero-order chi connectivity index (χ0) is 16.3. The monoisotopic (exact) mass is 320 g/mol. The molecule has 2 saturated heterocycles. The highest BCUT2D eigenvalue weighted by Gasteiger charge is 2.41. The number of carbonyl (C=O) groups is 1. The third-order valence-corrected chi connectivity index (χ3v) is 4.71. The summed E-state index contributed by atoms with van der Waals surface area (Å²) in [7, 11) is 3.29. The van der Waals surface area contributed by atoms with Crippen LogP contribution in [-0.4, -0.2) is 50.4 Å². The van der Waals surface area contributed by atoms with Gasteiger partial charge in [0.05, 0.1) is 20.8 Å². The van der Waals surface area contributed by atoms with Gasteiger partial charge in [-0.2, -0.15) is 0 Å². The summed E-state index contributed by atoms with van der Waals surface area (Å²) in [5.41, 5.74) is 0.892. The fourth-order valence-electron chi connectivity index (χ4n) is 3.40. The molecule has 3 rings (SSSR count). The van der Waals surface area contributed by atoms with E-state index in [9.17, 15) is 4.79 Å². The topological polar surface area (TPSA) is 60.0 Å². The van der Waals surface area contributed by atoms with Gasteiger partial charge >= 0.3 is 6.09 Å². The van der Waals surface area contributed by atoms with Crippen LogP contribution in [0.3, 0.4) is 0 Å². The van der Waals surface area contributed by atoms with Crippen LogP contribution in [0.5, 0.6) is 11.5 Å². The van der Waals surface area contributed by atoms with E-state index in [-0.39, 0.29) is 11.7 Å². The molecule has 1 amide bonds. The molecule has 1 unspecified atom stereocenters. The minimum atomic E-state index is -0.302. The number of carbonyl (C=O) groups excluding carboxylic acids is 1. The predicted molar refractivity (Wildman–Crippen MR) is 85.9 cm³/mol. The standard InChI is InChI=1S/C17H24N2O4/c1-21-14-5-4-13(10-15(14)22-2)11-19-8-3-6-17(7-9-19)12-18-16(20)23-17/h4-5,10H,3,6-9,11-12H2,1-2H3,(H,18,20). The lowest BCUT2D eigenvalue weighted by Gasteiger charge is -2.25. The second-order valence-electron chi connectivity index (χ2n) is 6.25. The SMILES string of the molecule is COc1ccc(CN2CCCC3(CC2)CNC(=O)O3)cc1OC.